The molecule has 110 valence electrons. The first-order valence-corrected chi connectivity index (χ1v) is 6.05. The first-order chi connectivity index (χ1) is 9.90. The normalized spacial score (nSPS) is 10.4. The number of carbonyl (C=O) groups is 1. The number of nitrogens with zero attached hydrogens (tertiary/aromatic N) is 4. The molecule has 2 rings (SSSR count). The van der Waals surface area contributed by atoms with Crippen molar-refractivity contribution < 1.29 is 14.1 Å². The van der Waals surface area contributed by atoms with E-state index in [4.69, 9.17) is 0 Å². The molecule has 0 saturated heterocycles. The number of hydrogen-bond acceptors (Lipinski definition) is 4. The Hall–Kier alpha value is -2.77. The van der Waals surface area contributed by atoms with Crippen LogP contribution in [0.15, 0.2) is 30.6 Å². The average Bonchev–Trinajstić information content (AvgIpc) is 2.83. The van der Waals surface area contributed by atoms with Gasteiger partial charge >= 0.3 is 5.69 Å². The third kappa shape index (κ3) is 3.04. The van der Waals surface area contributed by atoms with Crippen LogP contribution in [0.2, 0.25) is 0 Å². The summed E-state index contributed by atoms with van der Waals surface area (Å²) in [5, 5.41) is 10.7. The molecule has 0 unspecified atom stereocenters. The summed E-state index contributed by atoms with van der Waals surface area (Å²) in [5.41, 5.74) is -0.661. The van der Waals surface area contributed by atoms with Crippen LogP contribution in [0.3, 0.4) is 0 Å². The van der Waals surface area contributed by atoms with E-state index in [9.17, 15) is 19.3 Å². The quantitative estimate of drug-likeness (QED) is 0.635. The molecule has 1 heterocycles. The van der Waals surface area contributed by atoms with E-state index in [0.29, 0.717) is 5.82 Å². The minimum absolute atomic E-state index is 0.0554. The van der Waals surface area contributed by atoms with E-state index in [0.717, 1.165) is 12.1 Å². The Morgan fingerprint density at radius 1 is 1.52 bits per heavy atom. The minimum atomic E-state index is -0.969. The number of benzene rings is 1. The van der Waals surface area contributed by atoms with Gasteiger partial charge in [-0.05, 0) is 12.1 Å². The standard InChI is InChI=1S/C13H13FN4O3/c1-16-6-5-15-12(16)8-17(2)13(19)9-3-4-10(14)11(7-9)18(20)21/h3-7H,8H2,1-2H3. The molecule has 0 N–H and O–H groups in total. The molecule has 0 saturated carbocycles. The first-order valence-electron chi connectivity index (χ1n) is 6.05. The zero-order valence-corrected chi connectivity index (χ0v) is 11.5. The van der Waals surface area contributed by atoms with Crippen molar-refractivity contribution in [3.8, 4) is 0 Å². The van der Waals surface area contributed by atoms with Crippen molar-refractivity contribution >= 4 is 11.6 Å². The Labute approximate surface area is 119 Å². The van der Waals surface area contributed by atoms with Gasteiger partial charge in [-0.3, -0.25) is 14.9 Å². The van der Waals surface area contributed by atoms with Crippen molar-refractivity contribution in [2.75, 3.05) is 7.05 Å². The van der Waals surface area contributed by atoms with Crippen molar-refractivity contribution in [2.24, 2.45) is 7.05 Å². The van der Waals surface area contributed by atoms with Gasteiger partial charge in [-0.1, -0.05) is 0 Å². The van der Waals surface area contributed by atoms with Gasteiger partial charge in [0.25, 0.3) is 5.91 Å². The van der Waals surface area contributed by atoms with Crippen LogP contribution >= 0.6 is 0 Å². The zero-order valence-electron chi connectivity index (χ0n) is 11.5. The largest absolute Gasteiger partial charge is 0.337 e. The molecule has 0 fully saturated rings. The Morgan fingerprint density at radius 3 is 2.81 bits per heavy atom. The number of nitro groups is 1. The molecule has 1 aromatic heterocycles. The maximum Gasteiger partial charge on any atom is 0.305 e. The lowest BCUT2D eigenvalue weighted by Crippen LogP contribution is -2.27. The molecule has 0 atom stereocenters. The molecule has 0 aliphatic carbocycles. The summed E-state index contributed by atoms with van der Waals surface area (Å²) in [6.07, 6.45) is 3.35. The van der Waals surface area contributed by atoms with Gasteiger partial charge in [-0.2, -0.15) is 4.39 Å². The number of aromatic nitrogens is 2. The van der Waals surface area contributed by atoms with Gasteiger partial charge < -0.3 is 9.47 Å². The second-order valence-electron chi connectivity index (χ2n) is 4.54. The van der Waals surface area contributed by atoms with E-state index < -0.39 is 22.3 Å². The lowest BCUT2D eigenvalue weighted by Gasteiger charge is -2.16. The van der Waals surface area contributed by atoms with Crippen molar-refractivity contribution in [3.63, 3.8) is 0 Å². The molecule has 0 bridgehead atoms. The predicted molar refractivity (Wildman–Crippen MR) is 72.1 cm³/mol. The van der Waals surface area contributed by atoms with E-state index >= 15 is 0 Å². The minimum Gasteiger partial charge on any atom is -0.337 e. The van der Waals surface area contributed by atoms with Crippen LogP contribution in [0, 0.1) is 15.9 Å². The third-order valence-electron chi connectivity index (χ3n) is 3.04. The zero-order chi connectivity index (χ0) is 15.6. The first kappa shape index (κ1) is 14.6. The second kappa shape index (κ2) is 5.70. The van der Waals surface area contributed by atoms with Gasteiger partial charge in [0.05, 0.1) is 11.5 Å². The highest BCUT2D eigenvalue weighted by atomic mass is 19.1. The highest BCUT2D eigenvalue weighted by Gasteiger charge is 2.20. The number of rotatable bonds is 4. The van der Waals surface area contributed by atoms with Crippen LogP contribution in [0.4, 0.5) is 10.1 Å². The lowest BCUT2D eigenvalue weighted by atomic mass is 10.1. The molecule has 8 heteroatoms. The molecule has 21 heavy (non-hydrogen) atoms. The lowest BCUT2D eigenvalue weighted by molar-refractivity contribution is -0.387. The van der Waals surface area contributed by atoms with Crippen LogP contribution in [0.25, 0.3) is 0 Å². The molecule has 0 radical (unpaired) electrons. The van der Waals surface area contributed by atoms with Gasteiger partial charge in [0.2, 0.25) is 5.82 Å². The molecule has 7 nitrogen and oxygen atoms in total. The average molecular weight is 292 g/mol. The van der Waals surface area contributed by atoms with Crippen LogP contribution in [-0.2, 0) is 13.6 Å². The van der Waals surface area contributed by atoms with Crippen molar-refractivity contribution in [3.05, 3.63) is 57.9 Å². The predicted octanol–water partition coefficient (Wildman–Crippen LogP) is 1.74. The summed E-state index contributed by atoms with van der Waals surface area (Å²) in [5.74, 6) is -0.744. The number of carbonyl (C=O) groups excluding carboxylic acids is 1. The Bertz CT molecular complexity index is 698. The second-order valence-corrected chi connectivity index (χ2v) is 4.54. The highest BCUT2D eigenvalue weighted by Crippen LogP contribution is 2.19. The van der Waals surface area contributed by atoms with E-state index in [-0.39, 0.29) is 12.1 Å². The van der Waals surface area contributed by atoms with Crippen molar-refractivity contribution in [1.29, 1.82) is 0 Å². The Morgan fingerprint density at radius 2 is 2.24 bits per heavy atom. The maximum absolute atomic E-state index is 13.3. The van der Waals surface area contributed by atoms with Gasteiger partial charge in [0.1, 0.15) is 5.82 Å². The van der Waals surface area contributed by atoms with Gasteiger partial charge in [0.15, 0.2) is 0 Å². The molecular formula is C13H13FN4O3. The van der Waals surface area contributed by atoms with Crippen LogP contribution in [-0.4, -0.2) is 32.3 Å². The van der Waals surface area contributed by atoms with Crippen LogP contribution in [0.1, 0.15) is 16.2 Å². The molecule has 0 aliphatic heterocycles. The van der Waals surface area contributed by atoms with E-state index in [1.165, 1.54) is 11.0 Å². The van der Waals surface area contributed by atoms with Gasteiger partial charge in [-0.15, -0.1) is 0 Å². The number of halogens is 1. The van der Waals surface area contributed by atoms with E-state index in [2.05, 4.69) is 4.98 Å². The SMILES string of the molecule is CN(Cc1nccn1C)C(=O)c1ccc(F)c([N+](=O)[O-])c1. The molecule has 1 amide bonds. The maximum atomic E-state index is 13.3. The number of hydrogen-bond donors (Lipinski definition) is 0. The number of amides is 1. The number of imidazole rings is 1. The topological polar surface area (TPSA) is 81.3 Å². The molecule has 2 aromatic rings. The molecular weight excluding hydrogens is 279 g/mol. The summed E-state index contributed by atoms with van der Waals surface area (Å²) in [4.78, 5) is 27.5. The Balaban J connectivity index is 2.21. The van der Waals surface area contributed by atoms with Crippen molar-refractivity contribution in [1.82, 2.24) is 14.5 Å². The molecule has 0 spiro atoms. The summed E-state index contributed by atoms with van der Waals surface area (Å²) in [6.45, 7) is 0.244. The monoisotopic (exact) mass is 292 g/mol. The Kier molecular flexibility index (Phi) is 3.97. The third-order valence-corrected chi connectivity index (χ3v) is 3.04. The summed E-state index contributed by atoms with van der Waals surface area (Å²) >= 11 is 0. The summed E-state index contributed by atoms with van der Waals surface area (Å²) in [6, 6.07) is 3.08. The summed E-state index contributed by atoms with van der Waals surface area (Å²) in [7, 11) is 3.34. The van der Waals surface area contributed by atoms with Crippen LogP contribution in [0.5, 0.6) is 0 Å². The smallest absolute Gasteiger partial charge is 0.305 e. The molecule has 0 aliphatic rings. The van der Waals surface area contributed by atoms with E-state index in [1.54, 1.807) is 31.1 Å². The number of aryl methyl sites for hydroxylation is 1. The van der Waals surface area contributed by atoms with Gasteiger partial charge in [-0.25, -0.2) is 4.98 Å². The highest BCUT2D eigenvalue weighted by molar-refractivity contribution is 5.94. The van der Waals surface area contributed by atoms with Crippen LogP contribution < -0.4 is 0 Å². The van der Waals surface area contributed by atoms with E-state index in [1.807, 2.05) is 0 Å². The fourth-order valence-electron chi connectivity index (χ4n) is 1.84. The van der Waals surface area contributed by atoms with Crippen molar-refractivity contribution in [2.45, 2.75) is 6.54 Å². The van der Waals surface area contributed by atoms with Gasteiger partial charge in [0, 0.05) is 38.1 Å². The summed E-state index contributed by atoms with van der Waals surface area (Å²) < 4.78 is 15.0. The molecule has 1 aromatic carbocycles. The number of nitro benzene ring substituents is 1. The fraction of sp³-hybridized carbons (Fsp3) is 0.231. The fourth-order valence-corrected chi connectivity index (χ4v) is 1.84.